The number of carbonyl (C=O) groups excluding carboxylic acids is 1. The third-order valence-corrected chi connectivity index (χ3v) is 5.30. The van der Waals surface area contributed by atoms with Crippen molar-refractivity contribution in [3.63, 3.8) is 0 Å². The fraction of sp³-hybridized carbons (Fsp3) is 0.864. The van der Waals surface area contributed by atoms with E-state index in [1.54, 1.807) is 6.08 Å². The molecule has 1 N–H and O–H groups in total. The van der Waals surface area contributed by atoms with Crippen molar-refractivity contribution in [2.75, 3.05) is 0 Å². The van der Waals surface area contributed by atoms with E-state index in [2.05, 4.69) is 11.1 Å². The zero-order valence-electron chi connectivity index (χ0n) is 18.4. The van der Waals surface area contributed by atoms with Crippen molar-refractivity contribution in [2.24, 2.45) is 0 Å². The average Bonchev–Trinajstić information content (AvgIpc) is 2.67. The lowest BCUT2D eigenvalue weighted by atomic mass is 10.0. The molecule has 0 aliphatic heterocycles. The van der Waals surface area contributed by atoms with E-state index < -0.39 is 22.5 Å². The Labute approximate surface area is 178 Å². The van der Waals surface area contributed by atoms with Crippen LogP contribution in [0.15, 0.2) is 12.3 Å². The molecular weight excluding hydrogens is 392 g/mol. The van der Waals surface area contributed by atoms with Gasteiger partial charge in [-0.2, -0.15) is 8.42 Å². The summed E-state index contributed by atoms with van der Waals surface area (Å²) in [6, 6.07) is 0. The van der Waals surface area contributed by atoms with E-state index in [4.69, 9.17) is 9.29 Å². The topological polar surface area (TPSA) is 89.9 Å². The van der Waals surface area contributed by atoms with Gasteiger partial charge in [0, 0.05) is 0 Å². The first-order valence-corrected chi connectivity index (χ1v) is 12.8. The molecule has 0 aliphatic carbocycles. The molecular formula is C22H42O6S. The smallest absolute Gasteiger partial charge is 0.398 e. The Hall–Kier alpha value is -0.920. The first kappa shape index (κ1) is 28.1. The summed E-state index contributed by atoms with van der Waals surface area (Å²) in [5.74, 6) is -0.804. The number of hydrogen-bond donors (Lipinski definition) is 1. The maximum Gasteiger partial charge on any atom is 0.398 e. The molecule has 0 bridgehead atoms. The lowest BCUT2D eigenvalue weighted by molar-refractivity contribution is -0.146. The van der Waals surface area contributed by atoms with Gasteiger partial charge in [0.05, 0.1) is 6.26 Å². The predicted octanol–water partition coefficient (Wildman–Crippen LogP) is 6.51. The van der Waals surface area contributed by atoms with Gasteiger partial charge in [0.2, 0.25) is 0 Å². The van der Waals surface area contributed by atoms with Crippen LogP contribution < -0.4 is 0 Å². The highest BCUT2D eigenvalue weighted by Gasteiger charge is 2.25. The molecule has 0 aliphatic rings. The van der Waals surface area contributed by atoms with E-state index in [-0.39, 0.29) is 6.42 Å². The highest BCUT2D eigenvalue weighted by Crippen LogP contribution is 2.13. The Morgan fingerprint density at radius 2 is 1.31 bits per heavy atom. The molecule has 7 heteroatoms. The third-order valence-electron chi connectivity index (χ3n) is 4.83. The molecule has 0 rings (SSSR count). The van der Waals surface area contributed by atoms with Crippen LogP contribution in [-0.4, -0.2) is 25.0 Å². The van der Waals surface area contributed by atoms with Gasteiger partial charge in [0.1, 0.15) is 0 Å². The molecule has 0 fully saturated rings. The second-order valence-electron chi connectivity index (χ2n) is 7.64. The van der Waals surface area contributed by atoms with E-state index in [0.717, 1.165) is 25.7 Å². The summed E-state index contributed by atoms with van der Waals surface area (Å²) in [5, 5.41) is 0. The van der Waals surface area contributed by atoms with Gasteiger partial charge in [-0.3, -0.25) is 4.55 Å². The Morgan fingerprint density at radius 1 is 0.828 bits per heavy atom. The number of carbonyl (C=O) groups is 1. The monoisotopic (exact) mass is 434 g/mol. The lowest BCUT2D eigenvalue weighted by Crippen LogP contribution is -2.28. The zero-order valence-corrected chi connectivity index (χ0v) is 19.3. The maximum atomic E-state index is 11.9. The van der Waals surface area contributed by atoms with Gasteiger partial charge in [-0.25, -0.2) is 8.98 Å². The van der Waals surface area contributed by atoms with Crippen molar-refractivity contribution in [3.8, 4) is 0 Å². The minimum atomic E-state index is -4.68. The summed E-state index contributed by atoms with van der Waals surface area (Å²) in [6.07, 6.45) is 19.6. The Bertz CT molecular complexity index is 515. The van der Waals surface area contributed by atoms with Crippen molar-refractivity contribution >= 4 is 16.4 Å². The van der Waals surface area contributed by atoms with Crippen LogP contribution in [0.5, 0.6) is 0 Å². The number of unbranched alkanes of at least 4 members (excludes halogenated alkanes) is 13. The molecule has 0 aromatic carbocycles. The minimum Gasteiger partial charge on any atom is -0.433 e. The summed E-state index contributed by atoms with van der Waals surface area (Å²) < 4.78 is 39.8. The molecule has 29 heavy (non-hydrogen) atoms. The molecule has 0 heterocycles. The fourth-order valence-electron chi connectivity index (χ4n) is 3.10. The Balaban J connectivity index is 3.69. The molecule has 0 saturated carbocycles. The summed E-state index contributed by atoms with van der Waals surface area (Å²) in [4.78, 5) is 11.9. The van der Waals surface area contributed by atoms with E-state index in [1.807, 2.05) is 6.92 Å². The first-order chi connectivity index (χ1) is 13.9. The lowest BCUT2D eigenvalue weighted by Gasteiger charge is -2.12. The number of hydrogen-bond acceptors (Lipinski definition) is 5. The highest BCUT2D eigenvalue weighted by molar-refractivity contribution is 7.80. The molecule has 6 nitrogen and oxygen atoms in total. The van der Waals surface area contributed by atoms with Crippen molar-refractivity contribution < 1.29 is 26.7 Å². The van der Waals surface area contributed by atoms with Crippen LogP contribution in [0.4, 0.5) is 0 Å². The highest BCUT2D eigenvalue weighted by atomic mass is 32.3. The largest absolute Gasteiger partial charge is 0.433 e. The van der Waals surface area contributed by atoms with Crippen LogP contribution in [0.3, 0.4) is 0 Å². The van der Waals surface area contributed by atoms with Gasteiger partial charge in [-0.15, -0.1) is 0 Å². The van der Waals surface area contributed by atoms with Crippen molar-refractivity contribution in [3.05, 3.63) is 12.3 Å². The normalized spacial score (nSPS) is 13.1. The van der Waals surface area contributed by atoms with Crippen LogP contribution >= 0.6 is 0 Å². The van der Waals surface area contributed by atoms with Crippen molar-refractivity contribution in [1.29, 1.82) is 0 Å². The van der Waals surface area contributed by atoms with Crippen molar-refractivity contribution in [2.45, 2.75) is 123 Å². The van der Waals surface area contributed by atoms with Crippen LogP contribution in [0.1, 0.15) is 117 Å². The van der Waals surface area contributed by atoms with Gasteiger partial charge in [-0.1, -0.05) is 97.3 Å². The second-order valence-corrected chi connectivity index (χ2v) is 8.69. The molecule has 0 aromatic heterocycles. The van der Waals surface area contributed by atoms with Crippen LogP contribution in [-0.2, 0) is 24.1 Å². The van der Waals surface area contributed by atoms with Crippen molar-refractivity contribution in [1.82, 2.24) is 0 Å². The molecule has 1 unspecified atom stereocenters. The van der Waals surface area contributed by atoms with Gasteiger partial charge >= 0.3 is 16.4 Å². The molecule has 172 valence electrons. The van der Waals surface area contributed by atoms with E-state index in [1.165, 1.54) is 70.5 Å². The van der Waals surface area contributed by atoms with Gasteiger partial charge in [0.25, 0.3) is 0 Å². The van der Waals surface area contributed by atoms with Crippen LogP contribution in [0.2, 0.25) is 0 Å². The van der Waals surface area contributed by atoms with Gasteiger partial charge < -0.3 is 4.74 Å². The average molecular weight is 435 g/mol. The predicted molar refractivity (Wildman–Crippen MR) is 117 cm³/mol. The third kappa shape index (κ3) is 20.1. The van der Waals surface area contributed by atoms with E-state index >= 15 is 0 Å². The Morgan fingerprint density at radius 3 is 1.79 bits per heavy atom. The molecule has 0 radical (unpaired) electrons. The minimum absolute atomic E-state index is 0.182. The number of allylic oxidation sites excluding steroid dienone is 1. The Kier molecular flexibility index (Phi) is 18.5. The number of rotatable bonds is 20. The molecule has 0 amide bonds. The summed E-state index contributed by atoms with van der Waals surface area (Å²) >= 11 is 0. The molecule has 0 aromatic rings. The SMILES string of the molecule is CCCCCCCCCCCCCCC=COC(=O)C(CCCC)OS(=O)(=O)O. The fourth-order valence-corrected chi connectivity index (χ4v) is 3.57. The van der Waals surface area contributed by atoms with Crippen LogP contribution in [0, 0.1) is 0 Å². The zero-order chi connectivity index (χ0) is 21.8. The molecule has 1 atom stereocenters. The number of esters is 1. The first-order valence-electron chi connectivity index (χ1n) is 11.4. The second kappa shape index (κ2) is 19.1. The molecule has 0 spiro atoms. The van der Waals surface area contributed by atoms with E-state index in [9.17, 15) is 13.2 Å². The summed E-state index contributed by atoms with van der Waals surface area (Å²) in [5.41, 5.74) is 0. The standard InChI is InChI=1S/C22H42O6S/c1-3-5-7-8-9-10-11-12-13-14-15-16-17-18-20-27-22(23)21(19-6-4-2)28-29(24,25)26/h18,20-21H,3-17,19H2,1-2H3,(H,24,25,26). The van der Waals surface area contributed by atoms with Crippen LogP contribution in [0.25, 0.3) is 0 Å². The molecule has 0 saturated heterocycles. The van der Waals surface area contributed by atoms with Gasteiger partial charge in [-0.05, 0) is 25.3 Å². The van der Waals surface area contributed by atoms with E-state index in [0.29, 0.717) is 6.42 Å². The summed E-state index contributed by atoms with van der Waals surface area (Å²) in [7, 11) is -4.68. The van der Waals surface area contributed by atoms with Gasteiger partial charge in [0.15, 0.2) is 6.10 Å². The summed E-state index contributed by atoms with van der Waals surface area (Å²) in [6.45, 7) is 4.15. The maximum absolute atomic E-state index is 11.9. The quantitative estimate of drug-likeness (QED) is 0.102. The number of ether oxygens (including phenoxy) is 1.